The first-order valence-electron chi connectivity index (χ1n) is 8.78. The normalized spacial score (nSPS) is 12.6. The third-order valence-corrected chi connectivity index (χ3v) is 5.22. The maximum absolute atomic E-state index is 6.63. The highest BCUT2D eigenvalue weighted by Crippen LogP contribution is 2.37. The summed E-state index contributed by atoms with van der Waals surface area (Å²) >= 11 is 1.63. The maximum atomic E-state index is 6.63. The zero-order valence-electron chi connectivity index (χ0n) is 15.3. The Morgan fingerprint density at radius 2 is 1.81 bits per heavy atom. The Balaban J connectivity index is 1.93. The van der Waals surface area contributed by atoms with Gasteiger partial charge in [0, 0.05) is 22.5 Å². The minimum Gasteiger partial charge on any atom is -0.318 e. The van der Waals surface area contributed by atoms with Gasteiger partial charge in [-0.25, -0.2) is 9.97 Å². The highest BCUT2D eigenvalue weighted by Gasteiger charge is 2.21. The van der Waals surface area contributed by atoms with Gasteiger partial charge in [0.1, 0.15) is 10.7 Å². The monoisotopic (exact) mass is 375 g/mol. The van der Waals surface area contributed by atoms with Crippen LogP contribution in [0.5, 0.6) is 0 Å². The van der Waals surface area contributed by atoms with Crippen molar-refractivity contribution in [1.82, 2.24) is 19.9 Å². The Morgan fingerprint density at radius 3 is 2.52 bits per heavy atom. The molecule has 0 spiro atoms. The van der Waals surface area contributed by atoms with Gasteiger partial charge >= 0.3 is 0 Å². The lowest BCUT2D eigenvalue weighted by atomic mass is 10.0. The van der Waals surface area contributed by atoms with Crippen molar-refractivity contribution < 1.29 is 0 Å². The molecule has 3 heterocycles. The second-order valence-corrected chi connectivity index (χ2v) is 7.55. The molecule has 1 aromatic carbocycles. The Kier molecular flexibility index (Phi) is 4.94. The fraction of sp³-hybridized carbons (Fsp3) is 0.190. The summed E-state index contributed by atoms with van der Waals surface area (Å²) in [5.41, 5.74) is 10.5. The van der Waals surface area contributed by atoms with Crippen LogP contribution in [-0.4, -0.2) is 33.9 Å². The van der Waals surface area contributed by atoms with Crippen LogP contribution < -0.4 is 5.73 Å². The minimum absolute atomic E-state index is 0.408. The van der Waals surface area contributed by atoms with Crippen LogP contribution in [-0.2, 0) is 6.54 Å². The largest absolute Gasteiger partial charge is 0.318 e. The summed E-state index contributed by atoms with van der Waals surface area (Å²) in [6.45, 7) is 0.663. The molecule has 2 N–H and O–H groups in total. The van der Waals surface area contributed by atoms with Crippen molar-refractivity contribution in [2.75, 3.05) is 14.1 Å². The molecule has 4 aromatic rings. The van der Waals surface area contributed by atoms with Crippen LogP contribution in [0.2, 0.25) is 0 Å². The molecule has 3 aromatic heterocycles. The van der Waals surface area contributed by atoms with Crippen molar-refractivity contribution in [3.05, 3.63) is 77.3 Å². The molecular formula is C21H21N5S. The minimum atomic E-state index is -0.408. The Bertz CT molecular complexity index is 1040. The van der Waals surface area contributed by atoms with E-state index < -0.39 is 6.04 Å². The van der Waals surface area contributed by atoms with E-state index in [-0.39, 0.29) is 0 Å². The lowest BCUT2D eigenvalue weighted by Gasteiger charge is -2.16. The molecule has 1 unspecified atom stereocenters. The van der Waals surface area contributed by atoms with E-state index in [1.54, 1.807) is 17.5 Å². The molecule has 4 rings (SSSR count). The second kappa shape index (κ2) is 7.52. The van der Waals surface area contributed by atoms with E-state index in [9.17, 15) is 0 Å². The summed E-state index contributed by atoms with van der Waals surface area (Å²) in [5.74, 6) is 0.773. The highest BCUT2D eigenvalue weighted by molar-refractivity contribution is 7.17. The molecule has 0 bridgehead atoms. The molecule has 0 aliphatic rings. The number of rotatable bonds is 5. The van der Waals surface area contributed by atoms with Gasteiger partial charge in [0.2, 0.25) is 0 Å². The SMILES string of the molecule is CN(C)Cc1nc(C(N)c2ccccn2)c2c(-c3ccccc3)csc2n1. The van der Waals surface area contributed by atoms with Crippen molar-refractivity contribution >= 4 is 21.6 Å². The third kappa shape index (κ3) is 3.60. The summed E-state index contributed by atoms with van der Waals surface area (Å²) in [7, 11) is 4.02. The van der Waals surface area contributed by atoms with Crippen LogP contribution >= 0.6 is 11.3 Å². The van der Waals surface area contributed by atoms with Gasteiger partial charge in [-0.3, -0.25) is 4.98 Å². The molecule has 1 atom stereocenters. The third-order valence-electron chi connectivity index (χ3n) is 4.35. The van der Waals surface area contributed by atoms with Gasteiger partial charge < -0.3 is 10.6 Å². The van der Waals surface area contributed by atoms with Crippen LogP contribution in [0, 0.1) is 0 Å². The molecule has 5 nitrogen and oxygen atoms in total. The van der Waals surface area contributed by atoms with Gasteiger partial charge in [-0.2, -0.15) is 0 Å². The number of nitrogens with zero attached hydrogens (tertiary/aromatic N) is 4. The molecule has 27 heavy (non-hydrogen) atoms. The number of fused-ring (bicyclic) bond motifs is 1. The molecular weight excluding hydrogens is 354 g/mol. The number of thiophene rings is 1. The summed E-state index contributed by atoms with van der Waals surface area (Å²) in [4.78, 5) is 17.1. The van der Waals surface area contributed by atoms with Gasteiger partial charge in [0.25, 0.3) is 0 Å². The molecule has 0 saturated heterocycles. The highest BCUT2D eigenvalue weighted by atomic mass is 32.1. The lowest BCUT2D eigenvalue weighted by molar-refractivity contribution is 0.390. The molecule has 0 aliphatic carbocycles. The van der Waals surface area contributed by atoms with Gasteiger partial charge in [0.15, 0.2) is 0 Å². The first kappa shape index (κ1) is 17.7. The van der Waals surface area contributed by atoms with E-state index in [2.05, 4.69) is 27.4 Å². The zero-order valence-corrected chi connectivity index (χ0v) is 16.1. The van der Waals surface area contributed by atoms with E-state index in [1.807, 2.05) is 50.5 Å². The molecule has 0 radical (unpaired) electrons. The van der Waals surface area contributed by atoms with E-state index in [4.69, 9.17) is 15.7 Å². The van der Waals surface area contributed by atoms with Gasteiger partial charge in [0.05, 0.1) is 24.0 Å². The van der Waals surface area contributed by atoms with E-state index >= 15 is 0 Å². The lowest BCUT2D eigenvalue weighted by Crippen LogP contribution is -2.19. The molecule has 0 aliphatic heterocycles. The average Bonchev–Trinajstić information content (AvgIpc) is 3.11. The first-order chi connectivity index (χ1) is 13.1. The number of nitrogens with two attached hydrogens (primary N) is 1. The Labute approximate surface area is 162 Å². The molecule has 6 heteroatoms. The van der Waals surface area contributed by atoms with Crippen molar-refractivity contribution in [3.63, 3.8) is 0 Å². The number of hydrogen-bond acceptors (Lipinski definition) is 6. The quantitative estimate of drug-likeness (QED) is 0.574. The second-order valence-electron chi connectivity index (χ2n) is 6.69. The van der Waals surface area contributed by atoms with Crippen molar-refractivity contribution in [1.29, 1.82) is 0 Å². The number of benzene rings is 1. The van der Waals surface area contributed by atoms with Crippen molar-refractivity contribution in [2.45, 2.75) is 12.6 Å². The summed E-state index contributed by atoms with van der Waals surface area (Å²) in [6, 6.07) is 15.7. The molecule has 136 valence electrons. The topological polar surface area (TPSA) is 67.9 Å². The van der Waals surface area contributed by atoms with Crippen molar-refractivity contribution in [3.8, 4) is 11.1 Å². The smallest absolute Gasteiger partial charge is 0.144 e. The average molecular weight is 376 g/mol. The van der Waals surface area contributed by atoms with Crippen LogP contribution in [0.4, 0.5) is 0 Å². The fourth-order valence-electron chi connectivity index (χ4n) is 3.12. The molecule has 0 saturated carbocycles. The van der Waals surface area contributed by atoms with Crippen LogP contribution in [0.1, 0.15) is 23.3 Å². The molecule has 0 fully saturated rings. The van der Waals surface area contributed by atoms with Crippen molar-refractivity contribution in [2.24, 2.45) is 5.73 Å². The van der Waals surface area contributed by atoms with Gasteiger partial charge in [-0.05, 0) is 31.8 Å². The predicted octanol–water partition coefficient (Wildman–Crippen LogP) is 3.86. The van der Waals surface area contributed by atoms with Crippen LogP contribution in [0.25, 0.3) is 21.3 Å². The van der Waals surface area contributed by atoms with Crippen LogP contribution in [0.15, 0.2) is 60.1 Å². The predicted molar refractivity (Wildman–Crippen MR) is 111 cm³/mol. The summed E-state index contributed by atoms with van der Waals surface area (Å²) in [5, 5.41) is 3.16. The Hall–Kier alpha value is -2.67. The van der Waals surface area contributed by atoms with E-state index in [1.165, 1.54) is 0 Å². The fourth-order valence-corrected chi connectivity index (χ4v) is 4.10. The van der Waals surface area contributed by atoms with E-state index in [0.29, 0.717) is 6.54 Å². The number of pyridine rings is 1. The zero-order chi connectivity index (χ0) is 18.8. The Morgan fingerprint density at radius 1 is 1.04 bits per heavy atom. The first-order valence-corrected chi connectivity index (χ1v) is 9.66. The standard InChI is InChI=1S/C21H21N5S/c1-26(2)12-17-24-20(19(22)16-10-6-7-11-23-16)18-15(13-27-21(18)25-17)14-8-4-3-5-9-14/h3-11,13,19H,12,22H2,1-2H3. The number of aromatic nitrogens is 3. The summed E-state index contributed by atoms with van der Waals surface area (Å²) in [6.07, 6.45) is 1.76. The van der Waals surface area contributed by atoms with E-state index in [0.717, 1.165) is 38.6 Å². The number of hydrogen-bond donors (Lipinski definition) is 1. The van der Waals surface area contributed by atoms with Crippen LogP contribution in [0.3, 0.4) is 0 Å². The van der Waals surface area contributed by atoms with Gasteiger partial charge in [-0.15, -0.1) is 11.3 Å². The summed E-state index contributed by atoms with van der Waals surface area (Å²) < 4.78 is 0. The molecule has 0 amide bonds. The maximum Gasteiger partial charge on any atom is 0.144 e. The van der Waals surface area contributed by atoms with Gasteiger partial charge in [-0.1, -0.05) is 36.4 Å².